The molecule has 0 unspecified atom stereocenters. The first kappa shape index (κ1) is 48.9. The maximum Gasteiger partial charge on any atom is 0.323 e. The Labute approximate surface area is 396 Å². The van der Waals surface area contributed by atoms with Gasteiger partial charge in [-0.2, -0.15) is 0 Å². The summed E-state index contributed by atoms with van der Waals surface area (Å²) in [4.78, 5) is 24.3. The van der Waals surface area contributed by atoms with E-state index in [2.05, 4.69) is 66.2 Å². The number of hydrogen-bond donors (Lipinski definition) is 3. The molecule has 0 spiro atoms. The molecule has 0 saturated heterocycles. The van der Waals surface area contributed by atoms with Crippen molar-refractivity contribution in [3.8, 4) is 11.1 Å². The third-order valence-electron chi connectivity index (χ3n) is 11.1. The van der Waals surface area contributed by atoms with E-state index in [1.807, 2.05) is 139 Å². The lowest BCUT2D eigenvalue weighted by Gasteiger charge is -2.08. The lowest BCUT2D eigenvalue weighted by molar-refractivity contribution is 0.102. The van der Waals surface area contributed by atoms with Gasteiger partial charge in [-0.1, -0.05) is 154 Å². The molecule has 0 aromatic heterocycles. The van der Waals surface area contributed by atoms with Crippen molar-refractivity contribution in [1.29, 1.82) is 0 Å². The van der Waals surface area contributed by atoms with E-state index in [0.717, 1.165) is 40.2 Å². The van der Waals surface area contributed by atoms with Crippen LogP contribution in [0.5, 0.6) is 0 Å². The average molecular weight is 906 g/mol. The summed E-state index contributed by atoms with van der Waals surface area (Å²) in [6.45, 7) is 16.2. The van der Waals surface area contributed by atoms with Gasteiger partial charge in [-0.3, -0.25) is 4.79 Å². The highest BCUT2D eigenvalue weighted by Gasteiger charge is 2.18. The molecule has 0 radical (unpaired) electrons. The lowest BCUT2D eigenvalue weighted by Crippen LogP contribution is -2.19. The summed E-state index contributed by atoms with van der Waals surface area (Å²) in [7, 11) is -3.37. The molecule has 340 valence electrons. The van der Waals surface area contributed by atoms with Gasteiger partial charge in [0, 0.05) is 22.6 Å². The number of fused-ring (bicyclic) bond motifs is 3. The number of nitrogens with one attached hydrogen (secondary N) is 3. The molecule has 9 rings (SSSR count). The molecule has 8 heteroatoms. The van der Waals surface area contributed by atoms with Crippen LogP contribution in [-0.2, 0) is 16.3 Å². The molecule has 0 saturated carbocycles. The Morgan fingerprint density at radius 3 is 0.985 bits per heavy atom. The van der Waals surface area contributed by atoms with E-state index in [1.165, 1.54) is 50.1 Å². The number of amides is 3. The molecule has 0 fully saturated rings. The molecule has 1 aliphatic rings. The zero-order chi connectivity index (χ0) is 48.1. The molecule has 0 heterocycles. The smallest absolute Gasteiger partial charge is 0.322 e. The highest BCUT2D eigenvalue weighted by molar-refractivity contribution is 7.91. The molecule has 8 aromatic carbocycles. The largest absolute Gasteiger partial charge is 0.323 e. The first-order valence-corrected chi connectivity index (χ1v) is 23.7. The Bertz CT molecular complexity index is 2880. The van der Waals surface area contributed by atoms with Crippen LogP contribution in [0.2, 0.25) is 0 Å². The molecule has 67 heavy (non-hydrogen) atoms. The number of hydrogen-bond acceptors (Lipinski definition) is 4. The van der Waals surface area contributed by atoms with Gasteiger partial charge in [-0.15, -0.1) is 0 Å². The van der Waals surface area contributed by atoms with Crippen LogP contribution in [0.3, 0.4) is 0 Å². The van der Waals surface area contributed by atoms with Gasteiger partial charge in [-0.25, -0.2) is 13.2 Å². The number of aryl methyl sites for hydroxylation is 8. The molecular formula is C59H59N3O4S. The molecule has 0 aliphatic heterocycles. The van der Waals surface area contributed by atoms with Gasteiger partial charge in [0.05, 0.1) is 9.79 Å². The predicted molar refractivity (Wildman–Crippen MR) is 277 cm³/mol. The minimum Gasteiger partial charge on any atom is -0.322 e. The van der Waals surface area contributed by atoms with Crippen LogP contribution in [0.15, 0.2) is 192 Å². The normalized spacial score (nSPS) is 10.9. The van der Waals surface area contributed by atoms with Crippen LogP contribution in [0.4, 0.5) is 21.9 Å². The average Bonchev–Trinajstić information content (AvgIpc) is 3.66. The van der Waals surface area contributed by atoms with Crippen LogP contribution >= 0.6 is 0 Å². The van der Waals surface area contributed by atoms with E-state index in [0.29, 0.717) is 15.4 Å². The Morgan fingerprint density at radius 2 is 0.642 bits per heavy atom. The van der Waals surface area contributed by atoms with Gasteiger partial charge in [0.15, 0.2) is 0 Å². The van der Waals surface area contributed by atoms with Crippen molar-refractivity contribution in [2.45, 2.75) is 71.6 Å². The number of rotatable bonds is 6. The molecule has 3 amide bonds. The third kappa shape index (κ3) is 14.2. The molecule has 3 N–H and O–H groups in total. The summed E-state index contributed by atoms with van der Waals surface area (Å²) < 4.78 is 24.5. The van der Waals surface area contributed by atoms with Crippen molar-refractivity contribution in [2.24, 2.45) is 0 Å². The standard InChI is InChI=1S/C15H16N2O.C15H15NO.C15H14.C14H14O2S/c1-11-3-7-13(8-4-11)16-15(18)17-14-9-5-12(2)6-10-14;1-11-3-7-13(8-4-11)15(17)16-14-9-5-12(2)6-10-14;1-10-3-5-14-12(7-10)9-13-8-11(2)4-6-15(13)14;1-11-3-7-13(8-4-11)17(15,16)14-9-5-12(2)6-10-14/h3-10H,1-2H3,(H2,16,17,18);3-10H,1-2H3,(H,16,17);3-8H,9H2,1-2H3;3-10H,1-2H3. The van der Waals surface area contributed by atoms with Crippen LogP contribution in [0, 0.1) is 55.4 Å². The summed E-state index contributed by atoms with van der Waals surface area (Å²) in [5.41, 5.74) is 18.4. The maximum absolute atomic E-state index is 12.3. The van der Waals surface area contributed by atoms with Crippen molar-refractivity contribution < 1.29 is 18.0 Å². The van der Waals surface area contributed by atoms with E-state index in [1.54, 1.807) is 48.5 Å². The summed E-state index contributed by atoms with van der Waals surface area (Å²) in [5.74, 6) is -0.0751. The van der Waals surface area contributed by atoms with Crippen LogP contribution in [-0.4, -0.2) is 20.4 Å². The summed E-state index contributed by atoms with van der Waals surface area (Å²) in [6, 6.07) is 57.8. The Balaban J connectivity index is 0.000000148. The fraction of sp³-hybridized carbons (Fsp3) is 0.153. The minimum atomic E-state index is -3.37. The zero-order valence-electron chi connectivity index (χ0n) is 39.6. The number of carbonyl (C=O) groups excluding carboxylic acids is 2. The van der Waals surface area contributed by atoms with E-state index >= 15 is 0 Å². The first-order chi connectivity index (χ1) is 32.0. The second kappa shape index (κ2) is 22.6. The van der Waals surface area contributed by atoms with E-state index < -0.39 is 9.84 Å². The van der Waals surface area contributed by atoms with Crippen LogP contribution in [0.1, 0.15) is 66.0 Å². The Morgan fingerprint density at radius 1 is 0.358 bits per heavy atom. The highest BCUT2D eigenvalue weighted by atomic mass is 32.2. The molecule has 0 atom stereocenters. The van der Waals surface area contributed by atoms with Gasteiger partial charge in [0.25, 0.3) is 5.91 Å². The number of benzene rings is 8. The molecule has 7 nitrogen and oxygen atoms in total. The fourth-order valence-corrected chi connectivity index (χ4v) is 8.41. The van der Waals surface area contributed by atoms with Crippen molar-refractivity contribution in [3.63, 3.8) is 0 Å². The number of carbonyl (C=O) groups is 2. The predicted octanol–water partition coefficient (Wildman–Crippen LogP) is 14.5. The van der Waals surface area contributed by atoms with Gasteiger partial charge in [0.1, 0.15) is 0 Å². The van der Waals surface area contributed by atoms with Crippen molar-refractivity contribution in [3.05, 3.63) is 243 Å². The van der Waals surface area contributed by atoms with E-state index in [4.69, 9.17) is 0 Å². The number of sulfone groups is 1. The fourth-order valence-electron chi connectivity index (χ4n) is 7.15. The highest BCUT2D eigenvalue weighted by Crippen LogP contribution is 2.37. The monoisotopic (exact) mass is 905 g/mol. The molecule has 8 aromatic rings. The van der Waals surface area contributed by atoms with E-state index in [-0.39, 0.29) is 11.9 Å². The van der Waals surface area contributed by atoms with Crippen LogP contribution < -0.4 is 16.0 Å². The Kier molecular flexibility index (Phi) is 16.5. The SMILES string of the molecule is Cc1ccc(NC(=O)Nc2ccc(C)cc2)cc1.Cc1ccc(NC(=O)c2ccc(C)cc2)cc1.Cc1ccc(S(=O)(=O)c2ccc(C)cc2)cc1.Cc1ccc2c(c1)Cc1cc(C)ccc1-2. The van der Waals surface area contributed by atoms with E-state index in [9.17, 15) is 18.0 Å². The van der Waals surface area contributed by atoms with Gasteiger partial charge in [-0.05, 0) is 157 Å². The molecule has 1 aliphatic carbocycles. The maximum atomic E-state index is 12.3. The second-order valence-corrected chi connectivity index (χ2v) is 19.1. The van der Waals surface area contributed by atoms with Crippen molar-refractivity contribution in [1.82, 2.24) is 0 Å². The third-order valence-corrected chi connectivity index (χ3v) is 12.9. The van der Waals surface area contributed by atoms with Crippen LogP contribution in [0.25, 0.3) is 11.1 Å². The molecular weight excluding hydrogens is 847 g/mol. The lowest BCUT2D eigenvalue weighted by atomic mass is 10.0. The summed E-state index contributed by atoms with van der Waals surface area (Å²) in [5, 5.41) is 8.43. The van der Waals surface area contributed by atoms with Gasteiger partial charge < -0.3 is 16.0 Å². The number of anilines is 3. The first-order valence-electron chi connectivity index (χ1n) is 22.3. The topological polar surface area (TPSA) is 104 Å². The summed E-state index contributed by atoms with van der Waals surface area (Å²) >= 11 is 0. The minimum absolute atomic E-state index is 0.0751. The van der Waals surface area contributed by atoms with Crippen molar-refractivity contribution in [2.75, 3.05) is 16.0 Å². The Hall–Kier alpha value is -7.55. The number of urea groups is 1. The van der Waals surface area contributed by atoms with Gasteiger partial charge >= 0.3 is 6.03 Å². The van der Waals surface area contributed by atoms with Gasteiger partial charge in [0.2, 0.25) is 9.84 Å². The summed E-state index contributed by atoms with van der Waals surface area (Å²) in [6.07, 6.45) is 1.11. The molecule has 0 bridgehead atoms. The van der Waals surface area contributed by atoms with Crippen molar-refractivity contribution >= 4 is 38.8 Å². The zero-order valence-corrected chi connectivity index (χ0v) is 40.4. The second-order valence-electron chi connectivity index (χ2n) is 17.1. The quantitative estimate of drug-likeness (QED) is 0.155.